The van der Waals surface area contributed by atoms with Crippen molar-refractivity contribution in [3.63, 3.8) is 0 Å². The summed E-state index contributed by atoms with van der Waals surface area (Å²) in [5.41, 5.74) is 3.01. The summed E-state index contributed by atoms with van der Waals surface area (Å²) in [5.74, 6) is 0.584. The number of H-pyrrole nitrogens is 1. The topological polar surface area (TPSA) is 67.0 Å². The number of carbonyl (C=O) groups excluding carboxylic acids is 1. The van der Waals surface area contributed by atoms with Gasteiger partial charge in [-0.1, -0.05) is 53.5 Å². The zero-order chi connectivity index (χ0) is 19.1. The number of nitrogens with zero attached hydrogens (tertiary/aromatic N) is 1. The maximum atomic E-state index is 12.4. The van der Waals surface area contributed by atoms with Crippen molar-refractivity contribution in [1.82, 2.24) is 15.5 Å². The molecule has 27 heavy (non-hydrogen) atoms. The molecule has 0 aliphatic rings. The number of hydrogen-bond donors (Lipinski definition) is 2. The van der Waals surface area contributed by atoms with Crippen LogP contribution in [0.3, 0.4) is 0 Å². The first-order valence-corrected chi connectivity index (χ1v) is 9.77. The summed E-state index contributed by atoms with van der Waals surface area (Å²) in [7, 11) is 0. The van der Waals surface area contributed by atoms with Crippen LogP contribution in [0.4, 0.5) is 0 Å². The highest BCUT2D eigenvalue weighted by Crippen LogP contribution is 2.29. The smallest absolute Gasteiger partial charge is 0.269 e. The summed E-state index contributed by atoms with van der Waals surface area (Å²) in [4.78, 5) is 12.4. The van der Waals surface area contributed by atoms with Crippen molar-refractivity contribution in [2.24, 2.45) is 0 Å². The summed E-state index contributed by atoms with van der Waals surface area (Å²) in [6.45, 7) is 3.25. The molecule has 0 atom stereocenters. The van der Waals surface area contributed by atoms with Crippen LogP contribution in [-0.2, 0) is 6.54 Å². The minimum atomic E-state index is -0.193. The lowest BCUT2D eigenvalue weighted by molar-refractivity contribution is 0.0946. The van der Waals surface area contributed by atoms with E-state index in [1.54, 1.807) is 6.07 Å². The van der Waals surface area contributed by atoms with E-state index in [4.69, 9.17) is 4.74 Å². The fraction of sp³-hybridized carbons (Fsp3) is 0.238. The Balaban J connectivity index is 1.67. The number of unbranched alkanes of at least 4 members (excludes halogenated alkanes) is 1. The van der Waals surface area contributed by atoms with Crippen LogP contribution in [0, 0.1) is 0 Å². The number of amides is 1. The highest BCUT2D eigenvalue weighted by atomic mass is 79.9. The van der Waals surface area contributed by atoms with Crippen LogP contribution in [0.25, 0.3) is 11.3 Å². The van der Waals surface area contributed by atoms with Gasteiger partial charge in [-0.3, -0.25) is 9.89 Å². The molecule has 140 valence electrons. The van der Waals surface area contributed by atoms with E-state index in [0.717, 1.165) is 34.2 Å². The van der Waals surface area contributed by atoms with Crippen LogP contribution in [0.5, 0.6) is 5.75 Å². The molecule has 1 amide bonds. The van der Waals surface area contributed by atoms with Crippen LogP contribution < -0.4 is 10.1 Å². The number of hydrogen-bond acceptors (Lipinski definition) is 3. The minimum Gasteiger partial charge on any atom is -0.493 e. The van der Waals surface area contributed by atoms with Crippen molar-refractivity contribution < 1.29 is 9.53 Å². The summed E-state index contributed by atoms with van der Waals surface area (Å²) < 4.78 is 6.87. The zero-order valence-corrected chi connectivity index (χ0v) is 16.8. The van der Waals surface area contributed by atoms with Gasteiger partial charge in [-0.15, -0.1) is 0 Å². The Morgan fingerprint density at radius 1 is 1.19 bits per heavy atom. The molecule has 0 unspecified atom stereocenters. The van der Waals surface area contributed by atoms with Crippen molar-refractivity contribution in [2.45, 2.75) is 26.3 Å². The first-order valence-electron chi connectivity index (χ1n) is 8.97. The normalized spacial score (nSPS) is 10.6. The Morgan fingerprint density at radius 2 is 1.96 bits per heavy atom. The van der Waals surface area contributed by atoms with Crippen LogP contribution in [0.15, 0.2) is 59.1 Å². The number of rotatable bonds is 8. The average molecular weight is 428 g/mol. The Morgan fingerprint density at radius 3 is 2.74 bits per heavy atom. The number of ether oxygens (including phenoxy) is 1. The van der Waals surface area contributed by atoms with E-state index in [1.807, 2.05) is 48.5 Å². The third kappa shape index (κ3) is 5.20. The van der Waals surface area contributed by atoms with E-state index in [-0.39, 0.29) is 5.91 Å². The van der Waals surface area contributed by atoms with Gasteiger partial charge in [0.1, 0.15) is 11.4 Å². The van der Waals surface area contributed by atoms with Gasteiger partial charge in [0.15, 0.2) is 0 Å². The highest BCUT2D eigenvalue weighted by Gasteiger charge is 2.13. The van der Waals surface area contributed by atoms with E-state index in [2.05, 4.69) is 38.4 Å². The van der Waals surface area contributed by atoms with E-state index >= 15 is 0 Å². The van der Waals surface area contributed by atoms with E-state index in [9.17, 15) is 4.79 Å². The zero-order valence-electron chi connectivity index (χ0n) is 15.2. The Hall–Kier alpha value is -2.60. The van der Waals surface area contributed by atoms with Crippen molar-refractivity contribution in [3.8, 4) is 17.0 Å². The molecule has 2 aromatic carbocycles. The van der Waals surface area contributed by atoms with Gasteiger partial charge in [0.2, 0.25) is 0 Å². The van der Waals surface area contributed by atoms with Crippen LogP contribution in [0.1, 0.15) is 35.8 Å². The Kier molecular flexibility index (Phi) is 6.65. The number of nitrogens with one attached hydrogen (secondary N) is 2. The number of halogens is 1. The predicted octanol–water partition coefficient (Wildman–Crippen LogP) is 4.95. The quantitative estimate of drug-likeness (QED) is 0.499. The second-order valence-corrected chi connectivity index (χ2v) is 7.09. The van der Waals surface area contributed by atoms with Gasteiger partial charge in [-0.25, -0.2) is 0 Å². The molecule has 1 heterocycles. The number of para-hydroxylation sites is 1. The van der Waals surface area contributed by atoms with Gasteiger partial charge < -0.3 is 10.1 Å². The van der Waals surface area contributed by atoms with Crippen molar-refractivity contribution >= 4 is 21.8 Å². The highest BCUT2D eigenvalue weighted by molar-refractivity contribution is 9.10. The summed E-state index contributed by atoms with van der Waals surface area (Å²) in [6.07, 6.45) is 2.08. The molecule has 3 rings (SSSR count). The van der Waals surface area contributed by atoms with E-state index < -0.39 is 0 Å². The maximum Gasteiger partial charge on any atom is 0.269 e. The largest absolute Gasteiger partial charge is 0.493 e. The van der Waals surface area contributed by atoms with Gasteiger partial charge in [0, 0.05) is 16.6 Å². The average Bonchev–Trinajstić information content (AvgIpc) is 3.18. The molecule has 0 fully saturated rings. The van der Waals surface area contributed by atoms with Crippen molar-refractivity contribution in [1.29, 1.82) is 0 Å². The molecule has 0 aliphatic heterocycles. The number of aromatic nitrogens is 2. The Bertz CT molecular complexity index is 890. The molecule has 0 spiro atoms. The van der Waals surface area contributed by atoms with Crippen LogP contribution >= 0.6 is 15.9 Å². The van der Waals surface area contributed by atoms with Gasteiger partial charge in [0.25, 0.3) is 5.91 Å². The lowest BCUT2D eigenvalue weighted by Gasteiger charge is -2.09. The van der Waals surface area contributed by atoms with Gasteiger partial charge in [-0.05, 0) is 42.3 Å². The molecule has 5 nitrogen and oxygen atoms in total. The van der Waals surface area contributed by atoms with Crippen LogP contribution in [-0.4, -0.2) is 22.7 Å². The molecule has 0 aliphatic carbocycles. The molecule has 6 heteroatoms. The lowest BCUT2D eigenvalue weighted by Crippen LogP contribution is -2.23. The Labute approximate surface area is 167 Å². The van der Waals surface area contributed by atoms with Gasteiger partial charge in [0.05, 0.1) is 12.3 Å². The molecular weight excluding hydrogens is 406 g/mol. The third-order valence-corrected chi connectivity index (χ3v) is 4.64. The standard InChI is InChI=1S/C21H22BrN3O2/c1-2-3-12-27-20-7-5-4-6-17(20)18-13-19(25-24-18)21(26)23-14-15-8-10-16(22)11-9-15/h4-11,13H,2-3,12,14H2,1H3,(H,23,26)(H,24,25). The lowest BCUT2D eigenvalue weighted by atomic mass is 10.1. The molecule has 0 radical (unpaired) electrons. The summed E-state index contributed by atoms with van der Waals surface area (Å²) in [5, 5.41) is 10.0. The molecule has 2 N–H and O–H groups in total. The monoisotopic (exact) mass is 427 g/mol. The fourth-order valence-electron chi connectivity index (χ4n) is 2.59. The molecule has 0 bridgehead atoms. The van der Waals surface area contributed by atoms with E-state index in [0.29, 0.717) is 24.5 Å². The SMILES string of the molecule is CCCCOc1ccccc1-c1cc(C(=O)NCc2ccc(Br)cc2)[nH]n1. The predicted molar refractivity (Wildman–Crippen MR) is 110 cm³/mol. The van der Waals surface area contributed by atoms with Crippen LogP contribution in [0.2, 0.25) is 0 Å². The van der Waals surface area contributed by atoms with Crippen molar-refractivity contribution in [3.05, 3.63) is 70.3 Å². The van der Waals surface area contributed by atoms with Crippen molar-refractivity contribution in [2.75, 3.05) is 6.61 Å². The fourth-order valence-corrected chi connectivity index (χ4v) is 2.85. The maximum absolute atomic E-state index is 12.4. The minimum absolute atomic E-state index is 0.193. The van der Waals surface area contributed by atoms with E-state index in [1.165, 1.54) is 0 Å². The molecule has 3 aromatic rings. The second-order valence-electron chi connectivity index (χ2n) is 6.17. The molecular formula is C21H22BrN3O2. The first-order chi connectivity index (χ1) is 13.2. The number of aromatic amines is 1. The molecule has 1 aromatic heterocycles. The first kappa shape index (κ1) is 19.2. The summed E-state index contributed by atoms with van der Waals surface area (Å²) >= 11 is 3.40. The number of benzene rings is 2. The molecule has 0 saturated heterocycles. The molecule has 0 saturated carbocycles. The van der Waals surface area contributed by atoms with Gasteiger partial charge >= 0.3 is 0 Å². The van der Waals surface area contributed by atoms with Gasteiger partial charge in [-0.2, -0.15) is 5.10 Å². The third-order valence-electron chi connectivity index (χ3n) is 4.11. The number of carbonyl (C=O) groups is 1. The summed E-state index contributed by atoms with van der Waals surface area (Å²) in [6, 6.07) is 17.3. The second kappa shape index (κ2) is 9.37.